The lowest BCUT2D eigenvalue weighted by Gasteiger charge is -2.13. The van der Waals surface area contributed by atoms with Gasteiger partial charge in [-0.25, -0.2) is 8.42 Å². The predicted molar refractivity (Wildman–Crippen MR) is 85.2 cm³/mol. The number of ether oxygens (including phenoxy) is 1. The molecular formula is C13H19Cl2NO4S. The van der Waals surface area contributed by atoms with E-state index >= 15 is 0 Å². The number of aliphatic hydroxyl groups is 1. The molecule has 1 atom stereocenters. The first-order valence-corrected chi connectivity index (χ1v) is 9.24. The van der Waals surface area contributed by atoms with Crippen molar-refractivity contribution in [2.24, 2.45) is 0 Å². The number of hydrogen-bond donors (Lipinski definition) is 2. The lowest BCUT2D eigenvalue weighted by Crippen LogP contribution is -2.32. The molecule has 0 amide bonds. The van der Waals surface area contributed by atoms with E-state index in [0.717, 1.165) is 0 Å². The predicted octanol–water partition coefficient (Wildman–Crippen LogP) is 1.76. The average molecular weight is 356 g/mol. The Morgan fingerprint density at radius 2 is 2.05 bits per heavy atom. The number of sulfone groups is 1. The van der Waals surface area contributed by atoms with Crippen molar-refractivity contribution < 1.29 is 18.3 Å². The van der Waals surface area contributed by atoms with Gasteiger partial charge in [0.2, 0.25) is 0 Å². The van der Waals surface area contributed by atoms with Crippen LogP contribution in [0.1, 0.15) is 6.42 Å². The van der Waals surface area contributed by atoms with E-state index in [-0.39, 0.29) is 12.4 Å². The van der Waals surface area contributed by atoms with Crippen molar-refractivity contribution >= 4 is 33.0 Å². The number of hydrogen-bond acceptors (Lipinski definition) is 5. The molecule has 0 bridgehead atoms. The zero-order valence-electron chi connectivity index (χ0n) is 11.7. The molecule has 21 heavy (non-hydrogen) atoms. The van der Waals surface area contributed by atoms with Gasteiger partial charge in [0.15, 0.2) is 0 Å². The average Bonchev–Trinajstić information content (AvgIpc) is 2.38. The maximum Gasteiger partial charge on any atom is 0.147 e. The van der Waals surface area contributed by atoms with Crippen LogP contribution in [0, 0.1) is 0 Å². The fourth-order valence-electron chi connectivity index (χ4n) is 1.55. The first-order valence-electron chi connectivity index (χ1n) is 6.42. The van der Waals surface area contributed by atoms with Gasteiger partial charge in [-0.2, -0.15) is 0 Å². The van der Waals surface area contributed by atoms with E-state index in [0.29, 0.717) is 35.3 Å². The van der Waals surface area contributed by atoms with Crippen LogP contribution in [0.3, 0.4) is 0 Å². The molecule has 0 aromatic heterocycles. The standard InChI is InChI=1S/C13H19Cl2NO4S/c1-21(18,19)6-2-5-16-8-10(17)9-20-11-3-4-12(14)13(15)7-11/h3-4,7,10,16-17H,2,5-6,8-9H2,1H3. The van der Waals surface area contributed by atoms with E-state index in [4.69, 9.17) is 27.9 Å². The molecular weight excluding hydrogens is 337 g/mol. The SMILES string of the molecule is CS(=O)(=O)CCCNCC(O)COc1ccc(Cl)c(Cl)c1. The molecule has 1 aromatic rings. The molecule has 5 nitrogen and oxygen atoms in total. The smallest absolute Gasteiger partial charge is 0.147 e. The summed E-state index contributed by atoms with van der Waals surface area (Å²) in [5.41, 5.74) is 0. The maximum absolute atomic E-state index is 10.9. The van der Waals surface area contributed by atoms with Gasteiger partial charge in [-0.15, -0.1) is 0 Å². The van der Waals surface area contributed by atoms with Gasteiger partial charge < -0.3 is 15.2 Å². The monoisotopic (exact) mass is 355 g/mol. The van der Waals surface area contributed by atoms with Crippen molar-refractivity contribution in [3.63, 3.8) is 0 Å². The van der Waals surface area contributed by atoms with Gasteiger partial charge >= 0.3 is 0 Å². The van der Waals surface area contributed by atoms with Crippen LogP contribution in [-0.4, -0.2) is 51.3 Å². The van der Waals surface area contributed by atoms with Gasteiger partial charge in [0.1, 0.15) is 28.3 Å². The van der Waals surface area contributed by atoms with Crippen molar-refractivity contribution in [3.8, 4) is 5.75 Å². The highest BCUT2D eigenvalue weighted by Gasteiger charge is 2.07. The summed E-state index contributed by atoms with van der Waals surface area (Å²) >= 11 is 11.6. The van der Waals surface area contributed by atoms with Crippen LogP contribution in [0.25, 0.3) is 0 Å². The summed E-state index contributed by atoms with van der Waals surface area (Å²) in [5.74, 6) is 0.663. The quantitative estimate of drug-likeness (QED) is 0.660. The van der Waals surface area contributed by atoms with Crippen LogP contribution in [0.15, 0.2) is 18.2 Å². The highest BCUT2D eigenvalue weighted by atomic mass is 35.5. The first-order chi connectivity index (χ1) is 9.78. The van der Waals surface area contributed by atoms with Crippen molar-refractivity contribution in [3.05, 3.63) is 28.2 Å². The highest BCUT2D eigenvalue weighted by Crippen LogP contribution is 2.26. The number of benzene rings is 1. The Bertz CT molecular complexity index is 551. The summed E-state index contributed by atoms with van der Waals surface area (Å²) in [7, 11) is -2.93. The van der Waals surface area contributed by atoms with Crippen LogP contribution in [0.4, 0.5) is 0 Å². The molecule has 120 valence electrons. The second kappa shape index (κ2) is 8.80. The third-order valence-electron chi connectivity index (χ3n) is 2.58. The van der Waals surface area contributed by atoms with E-state index in [9.17, 15) is 13.5 Å². The van der Waals surface area contributed by atoms with Crippen molar-refractivity contribution in [1.29, 1.82) is 0 Å². The lowest BCUT2D eigenvalue weighted by atomic mass is 10.3. The lowest BCUT2D eigenvalue weighted by molar-refractivity contribution is 0.106. The van der Waals surface area contributed by atoms with Gasteiger partial charge in [-0.3, -0.25) is 0 Å². The second-order valence-electron chi connectivity index (χ2n) is 4.73. The summed E-state index contributed by atoms with van der Waals surface area (Å²) in [6.07, 6.45) is 1.02. The summed E-state index contributed by atoms with van der Waals surface area (Å²) in [4.78, 5) is 0. The molecule has 8 heteroatoms. The molecule has 0 spiro atoms. The molecule has 0 aliphatic heterocycles. The Hall–Kier alpha value is -0.530. The Balaban J connectivity index is 2.19. The third-order valence-corrected chi connectivity index (χ3v) is 4.35. The van der Waals surface area contributed by atoms with Gasteiger partial charge in [-0.05, 0) is 25.1 Å². The van der Waals surface area contributed by atoms with Crippen LogP contribution in [-0.2, 0) is 9.84 Å². The molecule has 0 radical (unpaired) electrons. The summed E-state index contributed by atoms with van der Waals surface area (Å²) in [6.45, 7) is 0.957. The second-order valence-corrected chi connectivity index (χ2v) is 7.80. The molecule has 1 rings (SSSR count). The molecule has 0 saturated carbocycles. The van der Waals surface area contributed by atoms with E-state index in [1.165, 1.54) is 6.26 Å². The Morgan fingerprint density at radius 3 is 2.67 bits per heavy atom. The van der Waals surface area contributed by atoms with E-state index in [1.54, 1.807) is 18.2 Å². The minimum absolute atomic E-state index is 0.108. The number of rotatable bonds is 9. The zero-order valence-corrected chi connectivity index (χ0v) is 14.0. The summed E-state index contributed by atoms with van der Waals surface area (Å²) < 4.78 is 27.2. The minimum atomic E-state index is -2.93. The summed E-state index contributed by atoms with van der Waals surface area (Å²) in [6, 6.07) is 4.87. The van der Waals surface area contributed by atoms with Gasteiger partial charge in [0.25, 0.3) is 0 Å². The molecule has 0 fully saturated rings. The van der Waals surface area contributed by atoms with Gasteiger partial charge in [0, 0.05) is 18.9 Å². The molecule has 0 saturated heterocycles. The maximum atomic E-state index is 10.9. The first kappa shape index (κ1) is 18.5. The van der Waals surface area contributed by atoms with Crippen LogP contribution >= 0.6 is 23.2 Å². The van der Waals surface area contributed by atoms with Crippen LogP contribution < -0.4 is 10.1 Å². The van der Waals surface area contributed by atoms with Gasteiger partial charge in [0.05, 0.1) is 15.8 Å². The van der Waals surface area contributed by atoms with Crippen molar-refractivity contribution in [2.45, 2.75) is 12.5 Å². The van der Waals surface area contributed by atoms with E-state index < -0.39 is 15.9 Å². The van der Waals surface area contributed by atoms with E-state index in [1.807, 2.05) is 0 Å². The molecule has 0 aliphatic carbocycles. The van der Waals surface area contributed by atoms with Crippen molar-refractivity contribution in [2.75, 3.05) is 31.7 Å². The molecule has 1 unspecified atom stereocenters. The Morgan fingerprint density at radius 1 is 1.33 bits per heavy atom. The number of halogens is 2. The molecule has 1 aromatic carbocycles. The van der Waals surface area contributed by atoms with E-state index in [2.05, 4.69) is 5.32 Å². The zero-order chi connectivity index (χ0) is 15.9. The Kier molecular flexibility index (Phi) is 7.76. The minimum Gasteiger partial charge on any atom is -0.491 e. The highest BCUT2D eigenvalue weighted by molar-refractivity contribution is 7.90. The number of aliphatic hydroxyl groups excluding tert-OH is 1. The molecule has 0 aliphatic rings. The van der Waals surface area contributed by atoms with Crippen LogP contribution in [0.2, 0.25) is 10.0 Å². The molecule has 2 N–H and O–H groups in total. The topological polar surface area (TPSA) is 75.6 Å². The normalized spacial score (nSPS) is 13.1. The van der Waals surface area contributed by atoms with Gasteiger partial charge in [-0.1, -0.05) is 23.2 Å². The molecule has 0 heterocycles. The fraction of sp³-hybridized carbons (Fsp3) is 0.538. The third kappa shape index (κ3) is 8.48. The Labute approximate surface area is 135 Å². The van der Waals surface area contributed by atoms with Crippen molar-refractivity contribution in [1.82, 2.24) is 5.32 Å². The number of nitrogens with one attached hydrogen (secondary N) is 1. The largest absolute Gasteiger partial charge is 0.491 e. The fourth-order valence-corrected chi connectivity index (χ4v) is 2.50. The van der Waals surface area contributed by atoms with Crippen LogP contribution in [0.5, 0.6) is 5.75 Å². The summed E-state index contributed by atoms with van der Waals surface area (Å²) in [5, 5.41) is 13.5.